The maximum atomic E-state index is 5.05. The van der Waals surface area contributed by atoms with E-state index >= 15 is 0 Å². The van der Waals surface area contributed by atoms with E-state index in [2.05, 4.69) is 23.9 Å². The van der Waals surface area contributed by atoms with Gasteiger partial charge in [0.15, 0.2) is 0 Å². The molecule has 0 bridgehead atoms. The molecule has 0 aromatic rings. The molecule has 0 spiro atoms. The van der Waals surface area contributed by atoms with Crippen LogP contribution in [0.3, 0.4) is 0 Å². The molecule has 1 nitrogen and oxygen atoms in total. The van der Waals surface area contributed by atoms with E-state index in [-0.39, 0.29) is 0 Å². The molecule has 0 atom stereocenters. The van der Waals surface area contributed by atoms with E-state index in [4.69, 9.17) is 11.9 Å². The van der Waals surface area contributed by atoms with Crippen molar-refractivity contribution in [1.82, 2.24) is 0 Å². The molecule has 0 radical (unpaired) electrons. The lowest BCUT2D eigenvalue weighted by Crippen LogP contribution is -2.19. The molecule has 0 saturated heterocycles. The molecule has 0 unspecified atom stereocenters. The average molecular weight is 167 g/mol. The van der Waals surface area contributed by atoms with Crippen molar-refractivity contribution >= 4 is 19.9 Å². The smallest absolute Gasteiger partial charge is 0.0679 e. The first-order chi connectivity index (χ1) is 4.06. The van der Waals surface area contributed by atoms with Crippen molar-refractivity contribution in [3.8, 4) is 0 Å². The molecule has 0 rings (SSSR count). The van der Waals surface area contributed by atoms with Gasteiger partial charge >= 0.3 is 0 Å². The Hall–Kier alpha value is 0.467. The van der Waals surface area contributed by atoms with E-state index in [1.165, 1.54) is 6.04 Å². The van der Waals surface area contributed by atoms with E-state index in [1.54, 1.807) is 0 Å². The molecule has 0 N–H and O–H groups in total. The Kier molecular flexibility index (Phi) is 4.53. The van der Waals surface area contributed by atoms with Crippen molar-refractivity contribution < 1.29 is 4.29 Å². The van der Waals surface area contributed by atoms with Crippen molar-refractivity contribution in [3.63, 3.8) is 0 Å². The van der Waals surface area contributed by atoms with Gasteiger partial charge in [-0.3, -0.25) is 4.29 Å². The van der Waals surface area contributed by atoms with E-state index < -0.39 is 8.07 Å². The van der Waals surface area contributed by atoms with Crippen molar-refractivity contribution in [2.75, 3.05) is 6.61 Å². The highest BCUT2D eigenvalue weighted by atomic mass is 35.5. The van der Waals surface area contributed by atoms with Gasteiger partial charge in [-0.25, -0.2) is 0 Å². The van der Waals surface area contributed by atoms with E-state index in [0.717, 1.165) is 6.42 Å². The van der Waals surface area contributed by atoms with Gasteiger partial charge in [-0.2, -0.15) is 0 Å². The van der Waals surface area contributed by atoms with Crippen molar-refractivity contribution in [2.24, 2.45) is 0 Å². The quantitative estimate of drug-likeness (QED) is 0.461. The molecule has 0 aliphatic carbocycles. The molecule has 0 aliphatic rings. The van der Waals surface area contributed by atoms with Crippen LogP contribution in [0.1, 0.15) is 6.42 Å². The third kappa shape index (κ3) is 8.47. The van der Waals surface area contributed by atoms with Gasteiger partial charge in [-0.05, 0) is 6.42 Å². The number of hydrogen-bond acceptors (Lipinski definition) is 1. The molecule has 56 valence electrons. The highest BCUT2D eigenvalue weighted by Crippen LogP contribution is 2.10. The van der Waals surface area contributed by atoms with Gasteiger partial charge in [-0.15, -0.1) is 0 Å². The Morgan fingerprint density at radius 2 is 1.89 bits per heavy atom. The monoisotopic (exact) mass is 166 g/mol. The van der Waals surface area contributed by atoms with Crippen molar-refractivity contribution in [2.45, 2.75) is 32.1 Å². The second-order valence-electron chi connectivity index (χ2n) is 3.48. The number of halogens is 1. The second-order valence-corrected chi connectivity index (χ2v) is 9.32. The maximum Gasteiger partial charge on any atom is 0.0679 e. The summed E-state index contributed by atoms with van der Waals surface area (Å²) >= 11 is 5.05. The molecule has 3 heteroatoms. The zero-order valence-corrected chi connectivity index (χ0v) is 8.16. The van der Waals surface area contributed by atoms with Crippen molar-refractivity contribution in [3.05, 3.63) is 0 Å². The molecule has 0 heterocycles. The Labute approximate surface area is 63.5 Å². The summed E-state index contributed by atoms with van der Waals surface area (Å²) < 4.78 is 4.43. The SMILES string of the molecule is C[Si](C)(C)CCCOCl. The van der Waals surface area contributed by atoms with E-state index in [0.29, 0.717) is 6.61 Å². The third-order valence-corrected chi connectivity index (χ3v) is 3.16. The zero-order chi connectivity index (χ0) is 7.33. The first-order valence-corrected chi connectivity index (χ1v) is 7.31. The number of rotatable bonds is 4. The fourth-order valence-corrected chi connectivity index (χ4v) is 1.97. The molecule has 0 aliphatic heterocycles. The zero-order valence-electron chi connectivity index (χ0n) is 6.41. The van der Waals surface area contributed by atoms with Crippen LogP contribution >= 0.6 is 11.9 Å². The average Bonchev–Trinajstić information content (AvgIpc) is 1.63. The van der Waals surface area contributed by atoms with Crippen LogP contribution in [0.4, 0.5) is 0 Å². The molecule has 0 aromatic carbocycles. The molecular formula is C6H15ClOSi. The first-order valence-electron chi connectivity index (χ1n) is 3.30. The highest BCUT2D eigenvalue weighted by molar-refractivity contribution is 6.76. The summed E-state index contributed by atoms with van der Waals surface area (Å²) in [6, 6.07) is 1.31. The van der Waals surface area contributed by atoms with E-state index in [9.17, 15) is 0 Å². The minimum absolute atomic E-state index is 0.700. The maximum absolute atomic E-state index is 5.05. The molecule has 0 fully saturated rings. The van der Waals surface area contributed by atoms with Gasteiger partial charge in [0.2, 0.25) is 0 Å². The van der Waals surface area contributed by atoms with Gasteiger partial charge in [0.05, 0.1) is 18.5 Å². The molecule has 0 amide bonds. The first kappa shape index (κ1) is 9.47. The van der Waals surface area contributed by atoms with Crippen LogP contribution in [0, 0.1) is 0 Å². The largest absolute Gasteiger partial charge is 0.279 e. The summed E-state index contributed by atoms with van der Waals surface area (Å²) in [5, 5.41) is 0. The minimum Gasteiger partial charge on any atom is -0.279 e. The lowest BCUT2D eigenvalue weighted by molar-refractivity contribution is 0.350. The van der Waals surface area contributed by atoms with Crippen LogP contribution < -0.4 is 0 Å². The van der Waals surface area contributed by atoms with Gasteiger partial charge in [-0.1, -0.05) is 25.7 Å². The van der Waals surface area contributed by atoms with Gasteiger partial charge < -0.3 is 0 Å². The lowest BCUT2D eigenvalue weighted by Gasteiger charge is -2.13. The summed E-state index contributed by atoms with van der Waals surface area (Å²) in [6.07, 6.45) is 1.11. The molecule has 0 saturated carbocycles. The van der Waals surface area contributed by atoms with Gasteiger partial charge in [0.25, 0.3) is 0 Å². The van der Waals surface area contributed by atoms with Crippen LogP contribution in [0.15, 0.2) is 0 Å². The predicted octanol–water partition coefficient (Wildman–Crippen LogP) is 2.89. The van der Waals surface area contributed by atoms with E-state index in [1.807, 2.05) is 0 Å². The Bertz CT molecular complexity index is 69.9. The van der Waals surface area contributed by atoms with Gasteiger partial charge in [0.1, 0.15) is 0 Å². The van der Waals surface area contributed by atoms with Crippen LogP contribution in [0.2, 0.25) is 25.7 Å². The number of hydrogen-bond donors (Lipinski definition) is 0. The predicted molar refractivity (Wildman–Crippen MR) is 44.6 cm³/mol. The Balaban J connectivity index is 3.07. The minimum atomic E-state index is -0.833. The van der Waals surface area contributed by atoms with Gasteiger partial charge in [0, 0.05) is 8.07 Å². The summed E-state index contributed by atoms with van der Waals surface area (Å²) in [7, 11) is -0.833. The Morgan fingerprint density at radius 1 is 1.33 bits per heavy atom. The topological polar surface area (TPSA) is 9.23 Å². The molecule has 9 heavy (non-hydrogen) atoms. The van der Waals surface area contributed by atoms with Crippen LogP contribution in [0.5, 0.6) is 0 Å². The fraction of sp³-hybridized carbons (Fsp3) is 1.00. The summed E-state index contributed by atoms with van der Waals surface area (Å²) in [4.78, 5) is 0. The van der Waals surface area contributed by atoms with Crippen LogP contribution in [-0.4, -0.2) is 14.7 Å². The third-order valence-electron chi connectivity index (χ3n) is 1.15. The lowest BCUT2D eigenvalue weighted by atomic mass is 10.5. The van der Waals surface area contributed by atoms with Crippen molar-refractivity contribution in [1.29, 1.82) is 0 Å². The molecule has 0 aromatic heterocycles. The summed E-state index contributed by atoms with van der Waals surface area (Å²) in [5.41, 5.74) is 0. The highest BCUT2D eigenvalue weighted by Gasteiger charge is 2.11. The van der Waals surface area contributed by atoms with Crippen LogP contribution in [-0.2, 0) is 4.29 Å². The second kappa shape index (κ2) is 4.31. The standard InChI is InChI=1S/C6H15ClOSi/c1-9(2,3)6-4-5-8-7/h4-6H2,1-3H3. The molecular weight excluding hydrogens is 152 g/mol. The summed E-state index contributed by atoms with van der Waals surface area (Å²) in [5.74, 6) is 0. The fourth-order valence-electron chi connectivity index (χ4n) is 0.657. The summed E-state index contributed by atoms with van der Waals surface area (Å²) in [6.45, 7) is 7.75. The normalized spacial score (nSPS) is 12.0. The Morgan fingerprint density at radius 3 is 2.22 bits per heavy atom. The van der Waals surface area contributed by atoms with Crippen LogP contribution in [0.25, 0.3) is 0 Å².